The summed E-state index contributed by atoms with van der Waals surface area (Å²) in [5.41, 5.74) is -0.0208. The van der Waals surface area contributed by atoms with E-state index in [9.17, 15) is 18.9 Å². The van der Waals surface area contributed by atoms with E-state index in [4.69, 9.17) is 4.74 Å². The first kappa shape index (κ1) is 16.1. The van der Waals surface area contributed by atoms with Gasteiger partial charge in [-0.3, -0.25) is 15.0 Å². The van der Waals surface area contributed by atoms with Crippen molar-refractivity contribution in [1.29, 1.82) is 0 Å². The highest BCUT2D eigenvalue weighted by Gasteiger charge is 2.33. The molecule has 2 rings (SSSR count). The molecule has 1 aliphatic rings. The monoisotopic (exact) mass is 364 g/mol. The molecule has 1 aromatic carbocycles. The number of piperidine rings is 1. The summed E-state index contributed by atoms with van der Waals surface area (Å²) in [5, 5.41) is 10.6. The fourth-order valence-corrected chi connectivity index (χ4v) is 2.59. The average molecular weight is 365 g/mol. The van der Waals surface area contributed by atoms with Gasteiger partial charge < -0.3 is 4.74 Å². The zero-order valence-corrected chi connectivity index (χ0v) is 12.8. The van der Waals surface area contributed by atoms with Crippen LogP contribution in [0.3, 0.4) is 0 Å². The molecule has 8 heteroatoms. The normalized spacial score (nSPS) is 18.4. The van der Waals surface area contributed by atoms with Crippen LogP contribution in [0.4, 0.5) is 14.5 Å². The van der Waals surface area contributed by atoms with Crippen molar-refractivity contribution in [1.82, 2.24) is 4.90 Å². The van der Waals surface area contributed by atoms with Gasteiger partial charge in [0.25, 0.3) is 11.6 Å². The van der Waals surface area contributed by atoms with E-state index in [1.54, 1.807) is 0 Å². The van der Waals surface area contributed by atoms with Gasteiger partial charge in [0.05, 0.1) is 9.40 Å². The lowest BCUT2D eigenvalue weighted by molar-refractivity contribution is -0.385. The molecule has 21 heavy (non-hydrogen) atoms. The average Bonchev–Trinajstić information content (AvgIpc) is 2.42. The van der Waals surface area contributed by atoms with Crippen molar-refractivity contribution in [2.24, 2.45) is 0 Å². The molecular formula is C13H15BrF2N2O3. The molecule has 0 saturated carbocycles. The molecule has 5 nitrogen and oxygen atoms in total. The van der Waals surface area contributed by atoms with Crippen molar-refractivity contribution < 1.29 is 18.4 Å². The highest BCUT2D eigenvalue weighted by Crippen LogP contribution is 2.30. The molecule has 1 aromatic rings. The molecule has 1 aliphatic heterocycles. The van der Waals surface area contributed by atoms with Crippen molar-refractivity contribution >= 4 is 21.6 Å². The van der Waals surface area contributed by atoms with E-state index in [0.29, 0.717) is 36.5 Å². The number of non-ortho nitro benzene ring substituents is 1. The molecule has 0 amide bonds. The van der Waals surface area contributed by atoms with Crippen LogP contribution in [0.25, 0.3) is 0 Å². The van der Waals surface area contributed by atoms with Crippen LogP contribution in [-0.4, -0.2) is 42.0 Å². The van der Waals surface area contributed by atoms with Gasteiger partial charge in [0, 0.05) is 44.6 Å². The first-order chi connectivity index (χ1) is 9.87. The third-order valence-corrected chi connectivity index (χ3v) is 4.00. The number of rotatable bonds is 5. The molecule has 0 unspecified atom stereocenters. The predicted molar refractivity (Wildman–Crippen MR) is 76.9 cm³/mol. The van der Waals surface area contributed by atoms with Crippen molar-refractivity contribution in [3.63, 3.8) is 0 Å². The minimum Gasteiger partial charge on any atom is -0.491 e. The summed E-state index contributed by atoms with van der Waals surface area (Å²) in [4.78, 5) is 12.1. The number of likely N-dealkylation sites (tertiary alicyclic amines) is 1. The van der Waals surface area contributed by atoms with Gasteiger partial charge >= 0.3 is 0 Å². The lowest BCUT2D eigenvalue weighted by Crippen LogP contribution is -2.41. The van der Waals surface area contributed by atoms with E-state index in [1.807, 2.05) is 4.90 Å². The number of nitrogens with zero attached hydrogens (tertiary/aromatic N) is 2. The van der Waals surface area contributed by atoms with Gasteiger partial charge in [-0.2, -0.15) is 0 Å². The second-order valence-corrected chi connectivity index (χ2v) is 5.77. The van der Waals surface area contributed by atoms with E-state index in [0.717, 1.165) is 0 Å². The van der Waals surface area contributed by atoms with Gasteiger partial charge in [0.2, 0.25) is 0 Å². The summed E-state index contributed by atoms with van der Waals surface area (Å²) in [5.74, 6) is -2.04. The maximum Gasteiger partial charge on any atom is 0.270 e. The quantitative estimate of drug-likeness (QED) is 0.592. The van der Waals surface area contributed by atoms with Crippen LogP contribution in [-0.2, 0) is 0 Å². The van der Waals surface area contributed by atoms with Crippen molar-refractivity contribution in [2.75, 3.05) is 26.2 Å². The summed E-state index contributed by atoms with van der Waals surface area (Å²) >= 11 is 3.21. The Balaban J connectivity index is 1.80. The van der Waals surface area contributed by atoms with Crippen LogP contribution >= 0.6 is 15.9 Å². The highest BCUT2D eigenvalue weighted by molar-refractivity contribution is 9.10. The Bertz CT molecular complexity index is 518. The number of ether oxygens (including phenoxy) is 1. The second kappa shape index (κ2) is 6.65. The molecule has 1 heterocycles. The number of hydrogen-bond donors (Lipinski definition) is 0. The molecule has 1 fully saturated rings. The molecule has 0 atom stereocenters. The fourth-order valence-electron chi connectivity index (χ4n) is 2.11. The Morgan fingerprint density at radius 3 is 2.62 bits per heavy atom. The molecule has 0 bridgehead atoms. The van der Waals surface area contributed by atoms with Crippen molar-refractivity contribution in [3.05, 3.63) is 32.8 Å². The third-order valence-electron chi connectivity index (χ3n) is 3.38. The lowest BCUT2D eigenvalue weighted by atomic mass is 10.1. The topological polar surface area (TPSA) is 55.6 Å². The first-order valence-corrected chi connectivity index (χ1v) is 7.34. The number of alkyl halides is 2. The largest absolute Gasteiger partial charge is 0.491 e. The number of halogens is 3. The van der Waals surface area contributed by atoms with Crippen LogP contribution in [0.5, 0.6) is 5.75 Å². The van der Waals surface area contributed by atoms with Gasteiger partial charge in [-0.1, -0.05) is 0 Å². The summed E-state index contributed by atoms with van der Waals surface area (Å²) in [7, 11) is 0. The number of nitro groups is 1. The Hall–Kier alpha value is -1.28. The van der Waals surface area contributed by atoms with E-state index in [1.165, 1.54) is 18.2 Å². The number of nitro benzene ring substituents is 1. The van der Waals surface area contributed by atoms with E-state index < -0.39 is 10.8 Å². The maximum absolute atomic E-state index is 13.0. The SMILES string of the molecule is O=[N+]([O-])c1ccc(OCCN2CCC(F)(F)CC2)c(Br)c1. The van der Waals surface area contributed by atoms with E-state index >= 15 is 0 Å². The van der Waals surface area contributed by atoms with Crippen LogP contribution in [0.2, 0.25) is 0 Å². The molecule has 1 saturated heterocycles. The fraction of sp³-hybridized carbons (Fsp3) is 0.538. The Labute approximate surface area is 129 Å². The molecular weight excluding hydrogens is 350 g/mol. The molecule has 116 valence electrons. The standard InChI is InChI=1S/C13H15BrF2N2O3/c14-11-9-10(18(19)20)1-2-12(11)21-8-7-17-5-3-13(15,16)4-6-17/h1-2,9H,3-8H2. The summed E-state index contributed by atoms with van der Waals surface area (Å²) in [6.07, 6.45) is -0.234. The van der Waals surface area contributed by atoms with Gasteiger partial charge in [0.1, 0.15) is 12.4 Å². The van der Waals surface area contributed by atoms with Gasteiger partial charge in [0.15, 0.2) is 0 Å². The Morgan fingerprint density at radius 1 is 1.38 bits per heavy atom. The summed E-state index contributed by atoms with van der Waals surface area (Å²) in [6.45, 7) is 1.62. The first-order valence-electron chi connectivity index (χ1n) is 6.54. The zero-order chi connectivity index (χ0) is 15.5. The van der Waals surface area contributed by atoms with E-state index in [2.05, 4.69) is 15.9 Å². The highest BCUT2D eigenvalue weighted by atomic mass is 79.9. The molecule has 0 radical (unpaired) electrons. The molecule has 0 spiro atoms. The Kier molecular flexibility index (Phi) is 5.10. The van der Waals surface area contributed by atoms with Gasteiger partial charge in [-0.05, 0) is 22.0 Å². The smallest absolute Gasteiger partial charge is 0.270 e. The molecule has 0 aliphatic carbocycles. The molecule has 0 aromatic heterocycles. The summed E-state index contributed by atoms with van der Waals surface area (Å²) in [6, 6.07) is 4.25. The van der Waals surface area contributed by atoms with Gasteiger partial charge in [-0.15, -0.1) is 0 Å². The summed E-state index contributed by atoms with van der Waals surface area (Å²) < 4.78 is 32.0. The maximum atomic E-state index is 13.0. The van der Waals surface area contributed by atoms with Crippen molar-refractivity contribution in [2.45, 2.75) is 18.8 Å². The second-order valence-electron chi connectivity index (χ2n) is 4.92. The zero-order valence-electron chi connectivity index (χ0n) is 11.2. The van der Waals surface area contributed by atoms with Crippen molar-refractivity contribution in [3.8, 4) is 5.75 Å². The minimum atomic E-state index is -2.54. The van der Waals surface area contributed by atoms with Crippen LogP contribution in [0.1, 0.15) is 12.8 Å². The van der Waals surface area contributed by atoms with Gasteiger partial charge in [-0.25, -0.2) is 8.78 Å². The third kappa shape index (κ3) is 4.60. The lowest BCUT2D eigenvalue weighted by Gasteiger charge is -2.31. The van der Waals surface area contributed by atoms with Crippen LogP contribution in [0, 0.1) is 10.1 Å². The predicted octanol–water partition coefficient (Wildman–Crippen LogP) is 3.47. The van der Waals surface area contributed by atoms with E-state index in [-0.39, 0.29) is 18.5 Å². The van der Waals surface area contributed by atoms with Crippen LogP contribution < -0.4 is 4.74 Å². The minimum absolute atomic E-state index is 0.0208. The molecule has 0 N–H and O–H groups in total. The Morgan fingerprint density at radius 2 is 2.05 bits per heavy atom. The number of hydrogen-bond acceptors (Lipinski definition) is 4. The number of benzene rings is 1. The van der Waals surface area contributed by atoms with Crippen LogP contribution in [0.15, 0.2) is 22.7 Å².